The van der Waals surface area contributed by atoms with Crippen LogP contribution in [0.1, 0.15) is 32.6 Å². The van der Waals surface area contributed by atoms with Crippen molar-refractivity contribution in [1.82, 2.24) is 5.32 Å². The van der Waals surface area contributed by atoms with Crippen LogP contribution in [-0.4, -0.2) is 19.7 Å². The summed E-state index contributed by atoms with van der Waals surface area (Å²) in [5, 5.41) is 3.41. The molecule has 124 valence electrons. The molecule has 1 N–H and O–H groups in total. The first-order chi connectivity index (χ1) is 11.4. The lowest BCUT2D eigenvalue weighted by Crippen LogP contribution is -2.22. The van der Waals surface area contributed by atoms with Gasteiger partial charge in [0.05, 0.1) is 0 Å². The molecular formula is C20H27NO2. The quantitative estimate of drug-likeness (QED) is 0.590. The van der Waals surface area contributed by atoms with Crippen LogP contribution in [0.3, 0.4) is 0 Å². The topological polar surface area (TPSA) is 30.5 Å². The molecule has 0 aliphatic rings. The molecule has 0 fully saturated rings. The van der Waals surface area contributed by atoms with Gasteiger partial charge in [0.1, 0.15) is 23.9 Å². The molecule has 2 rings (SSSR count). The minimum Gasteiger partial charge on any atom is -0.492 e. The van der Waals surface area contributed by atoms with Crippen molar-refractivity contribution in [2.45, 2.75) is 32.6 Å². The number of ether oxygens (including phenoxy) is 2. The van der Waals surface area contributed by atoms with E-state index in [2.05, 4.69) is 12.2 Å². The Bertz CT molecular complexity index is 525. The highest BCUT2D eigenvalue weighted by Gasteiger charge is 1.98. The largest absolute Gasteiger partial charge is 0.492 e. The van der Waals surface area contributed by atoms with E-state index in [1.807, 2.05) is 54.6 Å². The lowest BCUT2D eigenvalue weighted by Gasteiger charge is -2.09. The van der Waals surface area contributed by atoms with Crippen LogP contribution in [0.2, 0.25) is 0 Å². The maximum absolute atomic E-state index is 5.76. The van der Waals surface area contributed by atoms with E-state index in [9.17, 15) is 0 Å². The van der Waals surface area contributed by atoms with Gasteiger partial charge in [-0.2, -0.15) is 0 Å². The van der Waals surface area contributed by atoms with Crippen LogP contribution >= 0.6 is 0 Å². The van der Waals surface area contributed by atoms with Crippen molar-refractivity contribution < 1.29 is 9.47 Å². The van der Waals surface area contributed by atoms with Crippen molar-refractivity contribution in [2.75, 3.05) is 19.7 Å². The van der Waals surface area contributed by atoms with Crippen LogP contribution in [0.4, 0.5) is 0 Å². The monoisotopic (exact) mass is 313 g/mol. The normalized spacial score (nSPS) is 10.5. The van der Waals surface area contributed by atoms with Gasteiger partial charge in [0.15, 0.2) is 0 Å². The zero-order valence-corrected chi connectivity index (χ0v) is 14.0. The molecule has 0 amide bonds. The Morgan fingerprint density at radius 2 is 1.43 bits per heavy atom. The van der Waals surface area contributed by atoms with Crippen molar-refractivity contribution in [2.24, 2.45) is 0 Å². The van der Waals surface area contributed by atoms with Gasteiger partial charge in [0.2, 0.25) is 0 Å². The molecule has 3 nitrogen and oxygen atoms in total. The highest BCUT2D eigenvalue weighted by atomic mass is 16.5. The number of unbranched alkanes of at least 4 members (excludes halogenated alkanes) is 3. The number of hydrogen-bond donors (Lipinski definition) is 1. The molecular weight excluding hydrogens is 286 g/mol. The second-order valence-electron chi connectivity index (χ2n) is 5.55. The molecule has 0 radical (unpaired) electrons. The molecule has 3 heteroatoms. The molecule has 0 saturated heterocycles. The van der Waals surface area contributed by atoms with Crippen molar-refractivity contribution in [1.29, 1.82) is 0 Å². The Kier molecular flexibility index (Phi) is 8.06. The fourth-order valence-electron chi connectivity index (χ4n) is 2.27. The fourth-order valence-corrected chi connectivity index (χ4v) is 2.27. The van der Waals surface area contributed by atoms with Crippen LogP contribution in [0, 0.1) is 0 Å². The standard InChI is InChI=1S/C20H27NO2/c1-2-3-4-8-15-21-16-17-22-18-11-13-20(14-12-18)23-19-9-6-5-7-10-19/h5-7,9-14,21H,2-4,8,15-17H2,1H3. The molecule has 23 heavy (non-hydrogen) atoms. The third-order valence-corrected chi connectivity index (χ3v) is 3.56. The van der Waals surface area contributed by atoms with Gasteiger partial charge in [-0.15, -0.1) is 0 Å². The van der Waals surface area contributed by atoms with Gasteiger partial charge in [-0.05, 0) is 49.4 Å². The van der Waals surface area contributed by atoms with Gasteiger partial charge >= 0.3 is 0 Å². The van der Waals surface area contributed by atoms with Crippen LogP contribution < -0.4 is 14.8 Å². The number of benzene rings is 2. The minimum absolute atomic E-state index is 0.687. The van der Waals surface area contributed by atoms with E-state index in [0.717, 1.165) is 30.3 Å². The first-order valence-electron chi connectivity index (χ1n) is 8.55. The van der Waals surface area contributed by atoms with E-state index >= 15 is 0 Å². The summed E-state index contributed by atoms with van der Waals surface area (Å²) in [6, 6.07) is 17.5. The van der Waals surface area contributed by atoms with Gasteiger partial charge in [-0.25, -0.2) is 0 Å². The molecule has 0 saturated carbocycles. The smallest absolute Gasteiger partial charge is 0.127 e. The zero-order valence-electron chi connectivity index (χ0n) is 14.0. The molecule has 2 aromatic carbocycles. The number of rotatable bonds is 11. The van der Waals surface area contributed by atoms with Crippen molar-refractivity contribution in [3.8, 4) is 17.2 Å². The van der Waals surface area contributed by atoms with E-state index in [1.165, 1.54) is 25.7 Å². The Hall–Kier alpha value is -2.00. The molecule has 2 aromatic rings. The Balaban J connectivity index is 1.61. The maximum atomic E-state index is 5.76. The van der Waals surface area contributed by atoms with Gasteiger partial charge in [0, 0.05) is 6.54 Å². The van der Waals surface area contributed by atoms with Crippen molar-refractivity contribution in [3.05, 3.63) is 54.6 Å². The van der Waals surface area contributed by atoms with Crippen LogP contribution in [0.25, 0.3) is 0 Å². The molecule has 0 aromatic heterocycles. The number of hydrogen-bond acceptors (Lipinski definition) is 3. The molecule has 0 spiro atoms. The summed E-state index contributed by atoms with van der Waals surface area (Å²) in [7, 11) is 0. The Morgan fingerprint density at radius 3 is 2.17 bits per heavy atom. The summed E-state index contributed by atoms with van der Waals surface area (Å²) < 4.78 is 11.5. The minimum atomic E-state index is 0.687. The van der Waals surface area contributed by atoms with Gasteiger partial charge in [-0.3, -0.25) is 0 Å². The summed E-state index contributed by atoms with van der Waals surface area (Å²) >= 11 is 0. The van der Waals surface area contributed by atoms with Crippen molar-refractivity contribution >= 4 is 0 Å². The summed E-state index contributed by atoms with van der Waals surface area (Å²) in [5.74, 6) is 2.53. The molecule has 0 aliphatic carbocycles. The van der Waals surface area contributed by atoms with Crippen LogP contribution in [0.15, 0.2) is 54.6 Å². The molecule has 0 unspecified atom stereocenters. The second-order valence-corrected chi connectivity index (χ2v) is 5.55. The van der Waals surface area contributed by atoms with Crippen LogP contribution in [0.5, 0.6) is 17.2 Å². The predicted molar refractivity (Wildman–Crippen MR) is 95.5 cm³/mol. The third kappa shape index (κ3) is 7.20. The highest BCUT2D eigenvalue weighted by molar-refractivity contribution is 5.35. The summed E-state index contributed by atoms with van der Waals surface area (Å²) in [5.41, 5.74) is 0. The average molecular weight is 313 g/mol. The van der Waals surface area contributed by atoms with E-state index in [0.29, 0.717) is 6.61 Å². The number of nitrogens with one attached hydrogen (secondary N) is 1. The Labute approximate surface area is 139 Å². The van der Waals surface area contributed by atoms with E-state index in [4.69, 9.17) is 9.47 Å². The second kappa shape index (κ2) is 10.7. The number of para-hydroxylation sites is 1. The summed E-state index contributed by atoms with van der Waals surface area (Å²) in [6.07, 6.45) is 5.18. The molecule has 0 aliphatic heterocycles. The van der Waals surface area contributed by atoms with E-state index < -0.39 is 0 Å². The SMILES string of the molecule is CCCCCCNCCOc1ccc(Oc2ccccc2)cc1. The van der Waals surface area contributed by atoms with Crippen LogP contribution in [-0.2, 0) is 0 Å². The summed E-state index contributed by atoms with van der Waals surface area (Å²) in [4.78, 5) is 0. The Morgan fingerprint density at radius 1 is 0.739 bits per heavy atom. The third-order valence-electron chi connectivity index (χ3n) is 3.56. The molecule has 0 atom stereocenters. The summed E-state index contributed by atoms with van der Waals surface area (Å²) in [6.45, 7) is 4.88. The van der Waals surface area contributed by atoms with Gasteiger partial charge < -0.3 is 14.8 Å². The lowest BCUT2D eigenvalue weighted by atomic mass is 10.2. The first kappa shape index (κ1) is 17.4. The van der Waals surface area contributed by atoms with Crippen molar-refractivity contribution in [3.63, 3.8) is 0 Å². The predicted octanol–water partition coefficient (Wildman–Crippen LogP) is 5.03. The molecule has 0 bridgehead atoms. The lowest BCUT2D eigenvalue weighted by molar-refractivity contribution is 0.313. The highest BCUT2D eigenvalue weighted by Crippen LogP contribution is 2.23. The zero-order chi connectivity index (χ0) is 16.2. The fraction of sp³-hybridized carbons (Fsp3) is 0.400. The van der Waals surface area contributed by atoms with Gasteiger partial charge in [0.25, 0.3) is 0 Å². The average Bonchev–Trinajstić information content (AvgIpc) is 2.60. The first-order valence-corrected chi connectivity index (χ1v) is 8.55. The van der Waals surface area contributed by atoms with Gasteiger partial charge in [-0.1, -0.05) is 44.4 Å². The van der Waals surface area contributed by atoms with E-state index in [1.54, 1.807) is 0 Å². The maximum Gasteiger partial charge on any atom is 0.127 e. The molecule has 0 heterocycles. The van der Waals surface area contributed by atoms with E-state index in [-0.39, 0.29) is 0 Å².